The summed E-state index contributed by atoms with van der Waals surface area (Å²) in [5.74, 6) is 0.917. The van der Waals surface area contributed by atoms with Gasteiger partial charge in [-0.3, -0.25) is 0 Å². The molecule has 1 aromatic rings. The van der Waals surface area contributed by atoms with Gasteiger partial charge in [-0.15, -0.1) is 5.10 Å². The van der Waals surface area contributed by atoms with Gasteiger partial charge in [-0.05, 0) is 31.7 Å². The topological polar surface area (TPSA) is 81.8 Å². The molecule has 0 aliphatic rings. The summed E-state index contributed by atoms with van der Waals surface area (Å²) in [6, 6.07) is 2.04. The molecule has 98 valence electrons. The number of aliphatic hydroxyl groups excluding tert-OH is 1. The summed E-state index contributed by atoms with van der Waals surface area (Å²) in [7, 11) is 0. The number of aromatic nitrogens is 2. The van der Waals surface area contributed by atoms with Crippen molar-refractivity contribution >= 4 is 5.82 Å². The van der Waals surface area contributed by atoms with Gasteiger partial charge >= 0.3 is 0 Å². The first-order valence-electron chi connectivity index (χ1n) is 6.11. The van der Waals surface area contributed by atoms with E-state index in [-0.39, 0.29) is 12.6 Å². The standard InChI is InChI=1S/C13H20N4O/c1-8(2)5-11(7-18)15-13-12(6-14)9(3)10(4)16-17-13/h8,11,18H,5,7H2,1-4H3,(H,15,17). The molecule has 5 heteroatoms. The molecule has 0 amide bonds. The van der Waals surface area contributed by atoms with Crippen LogP contribution in [0.4, 0.5) is 5.82 Å². The fourth-order valence-corrected chi connectivity index (χ4v) is 1.79. The number of hydrogen-bond donors (Lipinski definition) is 2. The van der Waals surface area contributed by atoms with E-state index in [2.05, 4.69) is 35.4 Å². The van der Waals surface area contributed by atoms with Crippen molar-refractivity contribution in [2.75, 3.05) is 11.9 Å². The van der Waals surface area contributed by atoms with Crippen LogP contribution in [0.1, 0.15) is 37.1 Å². The summed E-state index contributed by atoms with van der Waals surface area (Å²) in [6.45, 7) is 7.86. The third-order valence-electron chi connectivity index (χ3n) is 2.88. The molecule has 0 aromatic carbocycles. The van der Waals surface area contributed by atoms with E-state index in [1.165, 1.54) is 0 Å². The van der Waals surface area contributed by atoms with Crippen LogP contribution in [0.3, 0.4) is 0 Å². The van der Waals surface area contributed by atoms with Crippen molar-refractivity contribution in [3.63, 3.8) is 0 Å². The number of aryl methyl sites for hydroxylation is 1. The summed E-state index contributed by atoms with van der Waals surface area (Å²) in [5, 5.41) is 29.6. The van der Waals surface area contributed by atoms with Crippen LogP contribution in [0.25, 0.3) is 0 Å². The number of rotatable bonds is 5. The van der Waals surface area contributed by atoms with Crippen LogP contribution in [-0.4, -0.2) is 28.0 Å². The Morgan fingerprint density at radius 1 is 1.33 bits per heavy atom. The quantitative estimate of drug-likeness (QED) is 0.830. The lowest BCUT2D eigenvalue weighted by atomic mass is 10.0. The summed E-state index contributed by atoms with van der Waals surface area (Å²) in [5.41, 5.74) is 2.09. The molecule has 0 bridgehead atoms. The van der Waals surface area contributed by atoms with Gasteiger partial charge in [0, 0.05) is 0 Å². The van der Waals surface area contributed by atoms with Crippen LogP contribution in [0, 0.1) is 31.1 Å². The second kappa shape index (κ2) is 6.31. The maximum absolute atomic E-state index is 9.33. The minimum Gasteiger partial charge on any atom is -0.394 e. The van der Waals surface area contributed by atoms with E-state index < -0.39 is 0 Å². The molecule has 0 fully saturated rings. The molecule has 5 nitrogen and oxygen atoms in total. The Kier molecular flexibility index (Phi) is 5.05. The minimum absolute atomic E-state index is 0.0116. The third kappa shape index (κ3) is 3.41. The molecule has 18 heavy (non-hydrogen) atoms. The fourth-order valence-electron chi connectivity index (χ4n) is 1.79. The average Bonchev–Trinajstić information content (AvgIpc) is 2.32. The van der Waals surface area contributed by atoms with Crippen molar-refractivity contribution in [1.29, 1.82) is 5.26 Å². The lowest BCUT2D eigenvalue weighted by Gasteiger charge is -2.19. The van der Waals surface area contributed by atoms with Gasteiger partial charge in [0.2, 0.25) is 0 Å². The van der Waals surface area contributed by atoms with Gasteiger partial charge in [0.25, 0.3) is 0 Å². The lowest BCUT2D eigenvalue weighted by Crippen LogP contribution is -2.27. The van der Waals surface area contributed by atoms with E-state index in [0.29, 0.717) is 17.3 Å². The maximum Gasteiger partial charge on any atom is 0.167 e. The second-order valence-electron chi connectivity index (χ2n) is 4.90. The number of anilines is 1. The molecular weight excluding hydrogens is 228 g/mol. The minimum atomic E-state index is -0.103. The third-order valence-corrected chi connectivity index (χ3v) is 2.88. The number of nitrogens with zero attached hydrogens (tertiary/aromatic N) is 3. The monoisotopic (exact) mass is 248 g/mol. The van der Waals surface area contributed by atoms with E-state index in [1.807, 2.05) is 13.8 Å². The zero-order valence-electron chi connectivity index (χ0n) is 11.4. The molecule has 1 atom stereocenters. The predicted octanol–water partition coefficient (Wildman–Crippen LogP) is 1.78. The summed E-state index contributed by atoms with van der Waals surface area (Å²) < 4.78 is 0. The Hall–Kier alpha value is -1.67. The zero-order valence-corrected chi connectivity index (χ0v) is 11.4. The molecule has 1 rings (SSSR count). The van der Waals surface area contributed by atoms with Crippen molar-refractivity contribution in [3.8, 4) is 6.07 Å². The van der Waals surface area contributed by atoms with Gasteiger partial charge in [-0.1, -0.05) is 13.8 Å². The molecule has 0 aliphatic heterocycles. The first-order chi connectivity index (χ1) is 8.49. The molecule has 1 unspecified atom stereocenters. The Bertz CT molecular complexity index is 451. The van der Waals surface area contributed by atoms with E-state index in [9.17, 15) is 10.4 Å². The van der Waals surface area contributed by atoms with Crippen molar-refractivity contribution in [3.05, 3.63) is 16.8 Å². The summed E-state index contributed by atoms with van der Waals surface area (Å²) in [4.78, 5) is 0. The number of nitrogens with one attached hydrogen (secondary N) is 1. The molecule has 0 saturated carbocycles. The fraction of sp³-hybridized carbons (Fsp3) is 0.615. The summed E-state index contributed by atoms with van der Waals surface area (Å²) >= 11 is 0. The van der Waals surface area contributed by atoms with Gasteiger partial charge in [-0.25, -0.2) is 0 Å². The highest BCUT2D eigenvalue weighted by Crippen LogP contribution is 2.19. The molecule has 0 aliphatic carbocycles. The van der Waals surface area contributed by atoms with Crippen molar-refractivity contribution in [2.24, 2.45) is 5.92 Å². The van der Waals surface area contributed by atoms with Gasteiger partial charge in [-0.2, -0.15) is 10.4 Å². The van der Waals surface area contributed by atoms with Crippen LogP contribution >= 0.6 is 0 Å². The molecule has 1 aromatic heterocycles. The largest absolute Gasteiger partial charge is 0.394 e. The Morgan fingerprint density at radius 3 is 2.50 bits per heavy atom. The highest BCUT2D eigenvalue weighted by Gasteiger charge is 2.15. The highest BCUT2D eigenvalue weighted by atomic mass is 16.3. The van der Waals surface area contributed by atoms with Crippen LogP contribution in [0.15, 0.2) is 0 Å². The molecule has 0 saturated heterocycles. The highest BCUT2D eigenvalue weighted by molar-refractivity contribution is 5.56. The molecule has 1 heterocycles. The molecule has 0 radical (unpaired) electrons. The van der Waals surface area contributed by atoms with Gasteiger partial charge in [0.15, 0.2) is 5.82 Å². The first-order valence-corrected chi connectivity index (χ1v) is 6.11. The zero-order chi connectivity index (χ0) is 13.7. The molecular formula is C13H20N4O. The van der Waals surface area contributed by atoms with Crippen molar-refractivity contribution < 1.29 is 5.11 Å². The first kappa shape index (κ1) is 14.4. The van der Waals surface area contributed by atoms with E-state index in [4.69, 9.17) is 0 Å². The van der Waals surface area contributed by atoms with Crippen LogP contribution in [0.2, 0.25) is 0 Å². The van der Waals surface area contributed by atoms with Gasteiger partial charge < -0.3 is 10.4 Å². The molecule has 2 N–H and O–H groups in total. The Labute approximate surface area is 108 Å². The SMILES string of the molecule is Cc1nnc(NC(CO)CC(C)C)c(C#N)c1C. The lowest BCUT2D eigenvalue weighted by molar-refractivity contribution is 0.259. The van der Waals surface area contributed by atoms with Crippen molar-refractivity contribution in [1.82, 2.24) is 10.2 Å². The number of aliphatic hydroxyl groups is 1. The van der Waals surface area contributed by atoms with E-state index >= 15 is 0 Å². The summed E-state index contributed by atoms with van der Waals surface area (Å²) in [6.07, 6.45) is 0.815. The van der Waals surface area contributed by atoms with Crippen LogP contribution in [-0.2, 0) is 0 Å². The van der Waals surface area contributed by atoms with Gasteiger partial charge in [0.05, 0.1) is 18.3 Å². The number of hydrogen-bond acceptors (Lipinski definition) is 5. The van der Waals surface area contributed by atoms with E-state index in [0.717, 1.165) is 17.7 Å². The Morgan fingerprint density at radius 2 is 2.00 bits per heavy atom. The van der Waals surface area contributed by atoms with Gasteiger partial charge in [0.1, 0.15) is 11.6 Å². The normalized spacial score (nSPS) is 12.3. The average molecular weight is 248 g/mol. The Balaban J connectivity index is 2.97. The van der Waals surface area contributed by atoms with Crippen LogP contribution in [0.5, 0.6) is 0 Å². The van der Waals surface area contributed by atoms with E-state index in [1.54, 1.807) is 0 Å². The smallest absolute Gasteiger partial charge is 0.167 e. The predicted molar refractivity (Wildman–Crippen MR) is 70.2 cm³/mol. The maximum atomic E-state index is 9.33. The van der Waals surface area contributed by atoms with Crippen molar-refractivity contribution in [2.45, 2.75) is 40.2 Å². The number of nitriles is 1. The second-order valence-corrected chi connectivity index (χ2v) is 4.90. The molecule has 0 spiro atoms. The van der Waals surface area contributed by atoms with Crippen LogP contribution < -0.4 is 5.32 Å².